The molecule has 3 rings (SSSR count). The zero-order valence-electron chi connectivity index (χ0n) is 17.2. The highest BCUT2D eigenvalue weighted by Crippen LogP contribution is 2.25. The van der Waals surface area contributed by atoms with Crippen LogP contribution in [0.3, 0.4) is 0 Å². The predicted octanol–water partition coefficient (Wildman–Crippen LogP) is 3.51. The molecule has 7 nitrogen and oxygen atoms in total. The molecule has 2 N–H and O–H groups in total. The van der Waals surface area contributed by atoms with Crippen LogP contribution < -0.4 is 20.1 Å². The molecule has 29 heavy (non-hydrogen) atoms. The normalized spacial score (nSPS) is 16.5. The fraction of sp³-hybridized carbons (Fsp3) is 0.455. The zero-order chi connectivity index (χ0) is 20.3. The lowest BCUT2D eigenvalue weighted by Gasteiger charge is -2.16. The van der Waals surface area contributed by atoms with Crippen molar-refractivity contribution in [1.29, 1.82) is 0 Å². The first-order valence-electron chi connectivity index (χ1n) is 10.2. The molecule has 1 atom stereocenters. The molecular formula is C22H30N4O3. The molecule has 1 unspecified atom stereocenters. The predicted molar refractivity (Wildman–Crippen MR) is 114 cm³/mol. The highest BCUT2D eigenvalue weighted by Gasteiger charge is 2.15. The summed E-state index contributed by atoms with van der Waals surface area (Å²) in [6.45, 7) is 4.94. The molecule has 1 fully saturated rings. The van der Waals surface area contributed by atoms with Crippen LogP contribution in [0.1, 0.15) is 31.7 Å². The quantitative estimate of drug-likeness (QED) is 0.497. The summed E-state index contributed by atoms with van der Waals surface area (Å²) >= 11 is 0. The van der Waals surface area contributed by atoms with Gasteiger partial charge in [-0.1, -0.05) is 13.0 Å². The molecule has 2 heterocycles. The lowest BCUT2D eigenvalue weighted by atomic mass is 10.2. The summed E-state index contributed by atoms with van der Waals surface area (Å²) in [5.74, 6) is 2.85. The van der Waals surface area contributed by atoms with Gasteiger partial charge in [0.2, 0.25) is 5.88 Å². The van der Waals surface area contributed by atoms with Gasteiger partial charge in [-0.2, -0.15) is 0 Å². The molecule has 7 heteroatoms. The largest absolute Gasteiger partial charge is 0.494 e. The Kier molecular flexibility index (Phi) is 8.12. The highest BCUT2D eigenvalue weighted by molar-refractivity contribution is 5.79. The fourth-order valence-electron chi connectivity index (χ4n) is 3.00. The second-order valence-electron chi connectivity index (χ2n) is 6.83. The van der Waals surface area contributed by atoms with Crippen LogP contribution in [0.4, 0.5) is 0 Å². The van der Waals surface area contributed by atoms with Gasteiger partial charge in [-0.25, -0.2) is 4.98 Å². The van der Waals surface area contributed by atoms with Gasteiger partial charge in [0.15, 0.2) is 5.96 Å². The van der Waals surface area contributed by atoms with Gasteiger partial charge in [0.25, 0.3) is 0 Å². The summed E-state index contributed by atoms with van der Waals surface area (Å²) in [4.78, 5) is 8.66. The maximum atomic E-state index is 5.99. The van der Waals surface area contributed by atoms with Gasteiger partial charge in [0.1, 0.15) is 11.5 Å². The summed E-state index contributed by atoms with van der Waals surface area (Å²) in [5.41, 5.74) is 0.943. The summed E-state index contributed by atoms with van der Waals surface area (Å²) in [6.07, 6.45) is 5.18. The Labute approximate surface area is 172 Å². The van der Waals surface area contributed by atoms with E-state index in [1.807, 2.05) is 36.4 Å². The number of hydrogen-bond acceptors (Lipinski definition) is 5. The van der Waals surface area contributed by atoms with Gasteiger partial charge >= 0.3 is 0 Å². The lowest BCUT2D eigenvalue weighted by Crippen LogP contribution is -2.40. The van der Waals surface area contributed by atoms with E-state index < -0.39 is 0 Å². The number of hydrogen-bond donors (Lipinski definition) is 2. The summed E-state index contributed by atoms with van der Waals surface area (Å²) in [7, 11) is 1.76. The van der Waals surface area contributed by atoms with Crippen LogP contribution >= 0.6 is 0 Å². The first-order chi connectivity index (χ1) is 14.3. The Bertz CT molecular complexity index is 774. The van der Waals surface area contributed by atoms with E-state index in [-0.39, 0.29) is 6.10 Å². The van der Waals surface area contributed by atoms with E-state index in [2.05, 4.69) is 27.5 Å². The van der Waals surface area contributed by atoms with Crippen molar-refractivity contribution in [1.82, 2.24) is 15.6 Å². The van der Waals surface area contributed by atoms with E-state index in [1.165, 1.54) is 0 Å². The second-order valence-corrected chi connectivity index (χ2v) is 6.83. The van der Waals surface area contributed by atoms with E-state index >= 15 is 0 Å². The molecule has 1 aliphatic rings. The molecule has 0 bridgehead atoms. The number of benzene rings is 1. The minimum absolute atomic E-state index is 0.259. The number of rotatable bonds is 9. The van der Waals surface area contributed by atoms with Crippen molar-refractivity contribution in [2.75, 3.05) is 26.8 Å². The number of nitrogens with one attached hydrogen (secondary N) is 2. The van der Waals surface area contributed by atoms with E-state index in [4.69, 9.17) is 14.2 Å². The smallest absolute Gasteiger partial charge is 0.224 e. The topological polar surface area (TPSA) is 77.0 Å². The van der Waals surface area contributed by atoms with Crippen LogP contribution in [0.5, 0.6) is 17.4 Å². The number of nitrogens with zero attached hydrogens (tertiary/aromatic N) is 2. The maximum Gasteiger partial charge on any atom is 0.224 e. The summed E-state index contributed by atoms with van der Waals surface area (Å²) < 4.78 is 17.2. The molecule has 0 radical (unpaired) electrons. The van der Waals surface area contributed by atoms with Gasteiger partial charge in [0, 0.05) is 38.5 Å². The number of aromatic nitrogens is 1. The fourth-order valence-corrected chi connectivity index (χ4v) is 3.00. The van der Waals surface area contributed by atoms with E-state index in [9.17, 15) is 0 Å². The van der Waals surface area contributed by atoms with Crippen LogP contribution in [-0.4, -0.2) is 43.9 Å². The monoisotopic (exact) mass is 398 g/mol. The zero-order valence-corrected chi connectivity index (χ0v) is 17.2. The van der Waals surface area contributed by atoms with Gasteiger partial charge in [0.05, 0.1) is 12.7 Å². The van der Waals surface area contributed by atoms with Crippen molar-refractivity contribution in [3.63, 3.8) is 0 Å². The third-order valence-electron chi connectivity index (χ3n) is 4.55. The highest BCUT2D eigenvalue weighted by atomic mass is 16.5. The number of aliphatic imine (C=N–C) groups is 1. The van der Waals surface area contributed by atoms with Gasteiger partial charge < -0.3 is 24.8 Å². The van der Waals surface area contributed by atoms with E-state index in [1.54, 1.807) is 13.2 Å². The standard InChI is InChI=1S/C22H30N4O3/c1-3-13-27-18-8-10-19(11-9-18)29-21-17(6-4-12-24-21)15-25-22(23-2)26-16-20-7-5-14-28-20/h4,6,8-12,20H,3,5,7,13-16H2,1-2H3,(H2,23,25,26). The van der Waals surface area contributed by atoms with Crippen molar-refractivity contribution in [2.45, 2.75) is 38.8 Å². The molecule has 156 valence electrons. The third-order valence-corrected chi connectivity index (χ3v) is 4.55. The molecule has 0 aliphatic carbocycles. The Morgan fingerprint density at radius 1 is 1.21 bits per heavy atom. The molecule has 0 spiro atoms. The lowest BCUT2D eigenvalue weighted by molar-refractivity contribution is 0.114. The SMILES string of the molecule is CCCOc1ccc(Oc2ncccc2CNC(=NC)NCC2CCCO2)cc1. The minimum Gasteiger partial charge on any atom is -0.494 e. The molecule has 1 saturated heterocycles. The van der Waals surface area contributed by atoms with Crippen LogP contribution in [0.25, 0.3) is 0 Å². The molecule has 1 aliphatic heterocycles. The molecule has 0 amide bonds. The average Bonchev–Trinajstić information content (AvgIpc) is 3.28. The summed E-state index contributed by atoms with van der Waals surface area (Å²) in [5, 5.41) is 6.62. The number of ether oxygens (including phenoxy) is 3. The molecule has 0 saturated carbocycles. The van der Waals surface area contributed by atoms with Crippen LogP contribution in [0.15, 0.2) is 47.6 Å². The Hall–Kier alpha value is -2.80. The first kappa shape index (κ1) is 20.9. The Balaban J connectivity index is 1.55. The van der Waals surface area contributed by atoms with Crippen molar-refractivity contribution >= 4 is 5.96 Å². The Morgan fingerprint density at radius 3 is 2.76 bits per heavy atom. The molecular weight excluding hydrogens is 368 g/mol. The summed E-state index contributed by atoms with van der Waals surface area (Å²) in [6, 6.07) is 11.5. The third kappa shape index (κ3) is 6.64. The molecule has 1 aromatic carbocycles. The molecule has 2 aromatic rings. The number of guanidine groups is 1. The minimum atomic E-state index is 0.259. The number of pyridine rings is 1. The molecule has 1 aromatic heterocycles. The van der Waals surface area contributed by atoms with Gasteiger partial charge in [-0.15, -0.1) is 0 Å². The van der Waals surface area contributed by atoms with Crippen LogP contribution in [-0.2, 0) is 11.3 Å². The van der Waals surface area contributed by atoms with Gasteiger partial charge in [-0.05, 0) is 49.6 Å². The van der Waals surface area contributed by atoms with Crippen molar-refractivity contribution in [2.24, 2.45) is 4.99 Å². The van der Waals surface area contributed by atoms with Crippen molar-refractivity contribution in [3.8, 4) is 17.4 Å². The van der Waals surface area contributed by atoms with Crippen molar-refractivity contribution < 1.29 is 14.2 Å². The van der Waals surface area contributed by atoms with Gasteiger partial charge in [-0.3, -0.25) is 4.99 Å². The maximum absolute atomic E-state index is 5.99. The van der Waals surface area contributed by atoms with Crippen molar-refractivity contribution in [3.05, 3.63) is 48.2 Å². The Morgan fingerprint density at radius 2 is 2.03 bits per heavy atom. The average molecular weight is 399 g/mol. The van der Waals surface area contributed by atoms with Crippen LogP contribution in [0, 0.1) is 0 Å². The first-order valence-corrected chi connectivity index (χ1v) is 10.2. The van der Waals surface area contributed by atoms with E-state index in [0.29, 0.717) is 19.0 Å². The van der Waals surface area contributed by atoms with E-state index in [0.717, 1.165) is 55.4 Å². The second kappa shape index (κ2) is 11.3. The van der Waals surface area contributed by atoms with Crippen LogP contribution in [0.2, 0.25) is 0 Å².